The summed E-state index contributed by atoms with van der Waals surface area (Å²) in [7, 11) is 3.43. The number of para-hydroxylation sites is 1. The molecule has 53 heavy (non-hydrogen) atoms. The number of aliphatic hydroxyl groups excluding tert-OH is 2. The third-order valence-electron chi connectivity index (χ3n) is 8.91. The average molecular weight is 712 g/mol. The first kappa shape index (κ1) is 37.0. The molecule has 0 aliphatic heterocycles. The largest absolute Gasteiger partial charge is 0.491 e. The van der Waals surface area contributed by atoms with Gasteiger partial charge in [0.2, 0.25) is 0 Å². The number of rotatable bonds is 17. The molecule has 9 nitrogen and oxygen atoms in total. The number of nitrogens with zero attached hydrogens (tertiary/aromatic N) is 3. The van der Waals surface area contributed by atoms with Crippen LogP contribution >= 0.6 is 0 Å². The number of benzene rings is 5. The Morgan fingerprint density at radius 1 is 0.717 bits per heavy atom. The minimum atomic E-state index is -0.804. The van der Waals surface area contributed by atoms with E-state index in [-0.39, 0.29) is 25.2 Å². The first-order valence-electron chi connectivity index (χ1n) is 17.7. The van der Waals surface area contributed by atoms with Gasteiger partial charge in [0.15, 0.2) is 0 Å². The number of aliphatic hydroxyl groups is 2. The summed E-state index contributed by atoms with van der Waals surface area (Å²) in [5, 5.41) is 22.5. The van der Waals surface area contributed by atoms with Crippen molar-refractivity contribution in [2.24, 2.45) is 0 Å². The van der Waals surface area contributed by atoms with E-state index in [0.29, 0.717) is 54.4 Å². The summed E-state index contributed by atoms with van der Waals surface area (Å²) < 4.78 is 18.1. The molecule has 2 N–H and O–H groups in total. The van der Waals surface area contributed by atoms with Gasteiger partial charge in [-0.15, -0.1) is 0 Å². The zero-order valence-corrected chi connectivity index (χ0v) is 30.0. The van der Waals surface area contributed by atoms with Gasteiger partial charge < -0.3 is 29.3 Å². The maximum Gasteiger partial charge on any atom is 0.255 e. The van der Waals surface area contributed by atoms with Crippen molar-refractivity contribution in [2.75, 3.05) is 33.9 Å². The fourth-order valence-electron chi connectivity index (χ4n) is 6.10. The molecular weight excluding hydrogens is 666 g/mol. The van der Waals surface area contributed by atoms with Crippen LogP contribution in [-0.2, 0) is 19.6 Å². The predicted octanol–water partition coefficient (Wildman–Crippen LogP) is 7.15. The van der Waals surface area contributed by atoms with Crippen LogP contribution in [0.15, 0.2) is 140 Å². The lowest BCUT2D eigenvalue weighted by atomic mass is 10.0. The molecule has 0 radical (unpaired) electrons. The maximum atomic E-state index is 12.7. The topological polar surface area (TPSA) is 105 Å². The quantitative estimate of drug-likeness (QED) is 0.103. The summed E-state index contributed by atoms with van der Waals surface area (Å²) in [4.78, 5) is 20.8. The van der Waals surface area contributed by atoms with Crippen LogP contribution in [0.5, 0.6) is 23.0 Å². The molecule has 6 aromatic rings. The van der Waals surface area contributed by atoms with E-state index in [2.05, 4.69) is 9.88 Å². The Morgan fingerprint density at radius 3 is 2.02 bits per heavy atom. The van der Waals surface area contributed by atoms with Crippen molar-refractivity contribution in [3.63, 3.8) is 0 Å². The van der Waals surface area contributed by atoms with Crippen molar-refractivity contribution in [1.29, 1.82) is 0 Å². The van der Waals surface area contributed by atoms with Gasteiger partial charge in [-0.3, -0.25) is 14.7 Å². The van der Waals surface area contributed by atoms with Crippen molar-refractivity contribution < 1.29 is 29.2 Å². The van der Waals surface area contributed by atoms with Gasteiger partial charge in [0.1, 0.15) is 42.3 Å². The minimum absolute atomic E-state index is 0.0914. The van der Waals surface area contributed by atoms with Crippen molar-refractivity contribution in [2.45, 2.75) is 31.7 Å². The summed E-state index contributed by atoms with van der Waals surface area (Å²) in [6.07, 6.45) is 1.39. The molecule has 1 aromatic heterocycles. The molecule has 6 rings (SSSR count). The number of ether oxygens (including phenoxy) is 3. The van der Waals surface area contributed by atoms with E-state index in [1.54, 1.807) is 32.4 Å². The van der Waals surface area contributed by atoms with Crippen LogP contribution in [0.1, 0.15) is 27.0 Å². The Kier molecular flexibility index (Phi) is 12.7. The second kappa shape index (κ2) is 18.1. The number of carbonyl (C=O) groups is 1. The fraction of sp³-hybridized carbons (Fsp3) is 0.227. The third kappa shape index (κ3) is 10.2. The summed E-state index contributed by atoms with van der Waals surface area (Å²) >= 11 is 0. The molecule has 0 bridgehead atoms. The van der Waals surface area contributed by atoms with Gasteiger partial charge in [-0.25, -0.2) is 0 Å². The van der Waals surface area contributed by atoms with Crippen LogP contribution in [0.2, 0.25) is 0 Å². The standard InChI is InChI=1S/C44H45N3O6/c1-46(2)44(50)41-15-9-14-40-42(24-25-45-43(40)41)53-39-18-16-32(17-19-39)26-35(29-48)47(27-33-10-5-3-6-11-33)28-36(49)31-52-38-22-20-37(21-23-38)51-30-34-12-7-4-8-13-34/h3-25,35-36,48-49H,26-31H2,1-2H3/t35-,36-/m0/s1. The number of pyridine rings is 1. The van der Waals surface area contributed by atoms with E-state index in [0.717, 1.165) is 27.8 Å². The molecule has 0 unspecified atom stereocenters. The lowest BCUT2D eigenvalue weighted by Gasteiger charge is -2.32. The SMILES string of the molecule is CN(C)C(=O)c1cccc2c(Oc3ccc(C[C@@H](CO)N(Cc4ccccc4)C[C@H](O)COc4ccc(OCc5ccccc5)cc4)cc3)ccnc12. The summed E-state index contributed by atoms with van der Waals surface area (Å²) in [5.41, 5.74) is 4.27. The molecule has 0 aliphatic carbocycles. The second-order valence-electron chi connectivity index (χ2n) is 13.1. The second-order valence-corrected chi connectivity index (χ2v) is 13.1. The molecule has 5 aromatic carbocycles. The molecule has 9 heteroatoms. The summed E-state index contributed by atoms with van der Waals surface area (Å²) in [6, 6.07) is 42.2. The zero-order valence-electron chi connectivity index (χ0n) is 30.0. The Morgan fingerprint density at radius 2 is 1.36 bits per heavy atom. The van der Waals surface area contributed by atoms with Crippen LogP contribution < -0.4 is 14.2 Å². The first-order chi connectivity index (χ1) is 25.9. The van der Waals surface area contributed by atoms with Gasteiger partial charge in [0.25, 0.3) is 5.91 Å². The molecule has 2 atom stereocenters. The summed E-state index contributed by atoms with van der Waals surface area (Å²) in [6.45, 7) is 1.32. The number of amides is 1. The van der Waals surface area contributed by atoms with Gasteiger partial charge in [0, 0.05) is 44.8 Å². The van der Waals surface area contributed by atoms with E-state index in [9.17, 15) is 15.0 Å². The molecule has 272 valence electrons. The normalized spacial score (nSPS) is 12.3. The Bertz CT molecular complexity index is 2040. The average Bonchev–Trinajstić information content (AvgIpc) is 3.19. The first-order valence-corrected chi connectivity index (χ1v) is 17.7. The molecule has 0 saturated carbocycles. The minimum Gasteiger partial charge on any atom is -0.491 e. The molecule has 1 amide bonds. The number of fused-ring (bicyclic) bond motifs is 1. The highest BCUT2D eigenvalue weighted by atomic mass is 16.5. The predicted molar refractivity (Wildman–Crippen MR) is 206 cm³/mol. The van der Waals surface area contributed by atoms with E-state index in [1.165, 1.54) is 4.90 Å². The van der Waals surface area contributed by atoms with Gasteiger partial charge in [-0.2, -0.15) is 0 Å². The van der Waals surface area contributed by atoms with Crippen LogP contribution in [0.25, 0.3) is 10.9 Å². The lowest BCUT2D eigenvalue weighted by Crippen LogP contribution is -2.44. The van der Waals surface area contributed by atoms with E-state index >= 15 is 0 Å². The van der Waals surface area contributed by atoms with E-state index in [4.69, 9.17) is 14.2 Å². The monoisotopic (exact) mass is 711 g/mol. The van der Waals surface area contributed by atoms with Crippen LogP contribution in [0, 0.1) is 0 Å². The third-order valence-corrected chi connectivity index (χ3v) is 8.91. The van der Waals surface area contributed by atoms with E-state index in [1.807, 2.05) is 121 Å². The van der Waals surface area contributed by atoms with Crippen LogP contribution in [0.4, 0.5) is 0 Å². The molecule has 0 saturated heterocycles. The van der Waals surface area contributed by atoms with Gasteiger partial charge in [0.05, 0.1) is 17.7 Å². The number of hydrogen-bond donors (Lipinski definition) is 2. The molecular formula is C44H45N3O6. The van der Waals surface area contributed by atoms with E-state index < -0.39 is 6.10 Å². The van der Waals surface area contributed by atoms with Gasteiger partial charge in [-0.05, 0) is 77.7 Å². The van der Waals surface area contributed by atoms with Gasteiger partial charge in [-0.1, -0.05) is 78.9 Å². The summed E-state index contributed by atoms with van der Waals surface area (Å²) in [5.74, 6) is 2.48. The molecule has 1 heterocycles. The van der Waals surface area contributed by atoms with Gasteiger partial charge >= 0.3 is 0 Å². The molecule has 0 spiro atoms. The van der Waals surface area contributed by atoms with Crippen LogP contribution in [-0.4, -0.2) is 76.9 Å². The van der Waals surface area contributed by atoms with Crippen LogP contribution in [0.3, 0.4) is 0 Å². The van der Waals surface area contributed by atoms with Crippen molar-refractivity contribution in [3.8, 4) is 23.0 Å². The zero-order chi connectivity index (χ0) is 37.0. The van der Waals surface area contributed by atoms with Crippen molar-refractivity contribution in [3.05, 3.63) is 162 Å². The molecule has 0 aliphatic rings. The highest BCUT2D eigenvalue weighted by Crippen LogP contribution is 2.31. The number of hydrogen-bond acceptors (Lipinski definition) is 8. The Balaban J connectivity index is 1.09. The maximum absolute atomic E-state index is 12.7. The smallest absolute Gasteiger partial charge is 0.255 e. The highest BCUT2D eigenvalue weighted by Gasteiger charge is 2.23. The molecule has 0 fully saturated rings. The number of aromatic nitrogens is 1. The number of carbonyl (C=O) groups excluding carboxylic acids is 1. The Labute approximate surface area is 310 Å². The van der Waals surface area contributed by atoms with Crippen molar-refractivity contribution in [1.82, 2.24) is 14.8 Å². The highest BCUT2D eigenvalue weighted by molar-refractivity contribution is 6.06. The van der Waals surface area contributed by atoms with Crippen molar-refractivity contribution >= 4 is 16.8 Å². The Hall–Kier alpha value is -5.74. The lowest BCUT2D eigenvalue weighted by molar-refractivity contribution is 0.0335. The fourth-order valence-corrected chi connectivity index (χ4v) is 6.10.